The van der Waals surface area contributed by atoms with Gasteiger partial charge in [0.15, 0.2) is 0 Å². The normalized spacial score (nSPS) is 10.8. The van der Waals surface area contributed by atoms with E-state index in [0.29, 0.717) is 6.61 Å². The summed E-state index contributed by atoms with van der Waals surface area (Å²) in [7, 11) is 0. The van der Waals surface area contributed by atoms with E-state index in [0.717, 1.165) is 5.75 Å². The monoisotopic (exact) mass is 238 g/mol. The van der Waals surface area contributed by atoms with Crippen LogP contribution in [-0.4, -0.2) is 6.61 Å². The molecule has 0 aliphatic carbocycles. The van der Waals surface area contributed by atoms with E-state index >= 15 is 0 Å². The fraction of sp³-hybridized carbons (Fsp3) is 0.176. The summed E-state index contributed by atoms with van der Waals surface area (Å²) < 4.78 is 5.80. The van der Waals surface area contributed by atoms with Crippen molar-refractivity contribution in [2.75, 3.05) is 6.61 Å². The lowest BCUT2D eigenvalue weighted by atomic mass is 10.1. The smallest absolute Gasteiger partial charge is 0.125 e. The van der Waals surface area contributed by atoms with Gasteiger partial charge in [0.2, 0.25) is 0 Å². The Bertz CT molecular complexity index is 506. The molecule has 0 bridgehead atoms. The van der Waals surface area contributed by atoms with Crippen LogP contribution in [0.5, 0.6) is 5.75 Å². The van der Waals surface area contributed by atoms with Crippen molar-refractivity contribution in [2.45, 2.75) is 13.8 Å². The molecule has 0 saturated heterocycles. The first-order valence-electron chi connectivity index (χ1n) is 6.18. The predicted octanol–water partition coefficient (Wildman–Crippen LogP) is 4.40. The molecule has 0 saturated carbocycles. The zero-order valence-electron chi connectivity index (χ0n) is 10.9. The molecular formula is C17H18O. The van der Waals surface area contributed by atoms with Crippen LogP contribution in [0.25, 0.3) is 6.08 Å². The zero-order valence-corrected chi connectivity index (χ0v) is 10.9. The molecule has 1 heteroatoms. The highest BCUT2D eigenvalue weighted by Crippen LogP contribution is 2.22. The summed E-state index contributed by atoms with van der Waals surface area (Å²) in [5.74, 6) is 0.996. The Labute approximate surface area is 109 Å². The van der Waals surface area contributed by atoms with Crippen LogP contribution < -0.4 is 4.74 Å². The predicted molar refractivity (Wildman–Crippen MR) is 76.9 cm³/mol. The summed E-state index contributed by atoms with van der Waals surface area (Å²) in [6.45, 7) is 4.74. The maximum atomic E-state index is 5.80. The highest BCUT2D eigenvalue weighted by atomic mass is 16.5. The molecule has 0 atom stereocenters. The second-order valence-corrected chi connectivity index (χ2v) is 4.34. The van der Waals surface area contributed by atoms with Crippen molar-refractivity contribution in [2.24, 2.45) is 0 Å². The lowest BCUT2D eigenvalue weighted by molar-refractivity contribution is 0.358. The van der Waals surface area contributed by atoms with E-state index in [2.05, 4.69) is 50.3 Å². The maximum absolute atomic E-state index is 5.80. The maximum Gasteiger partial charge on any atom is 0.125 e. The molecule has 0 spiro atoms. The topological polar surface area (TPSA) is 9.23 Å². The number of para-hydroxylation sites is 1. The van der Waals surface area contributed by atoms with Gasteiger partial charge in [0.25, 0.3) is 0 Å². The highest BCUT2D eigenvalue weighted by Gasteiger charge is 2.00. The number of ether oxygens (including phenoxy) is 1. The van der Waals surface area contributed by atoms with Gasteiger partial charge in [0.05, 0.1) is 0 Å². The minimum atomic E-state index is 0.598. The van der Waals surface area contributed by atoms with Crippen molar-refractivity contribution in [1.29, 1.82) is 0 Å². The third kappa shape index (κ3) is 3.24. The fourth-order valence-electron chi connectivity index (χ4n) is 1.91. The highest BCUT2D eigenvalue weighted by molar-refractivity contribution is 5.49. The minimum absolute atomic E-state index is 0.598. The lowest BCUT2D eigenvalue weighted by Crippen LogP contribution is -1.97. The van der Waals surface area contributed by atoms with Crippen molar-refractivity contribution >= 4 is 6.08 Å². The standard InChI is InChI=1S/C17H18O/c1-14-8-6-9-15(2)17(14)18-13-7-12-16-10-4-3-5-11-16/h3-12H,13H2,1-2H3/b12-7+. The number of aryl methyl sites for hydroxylation is 2. The molecule has 0 aliphatic rings. The van der Waals surface area contributed by atoms with Crippen LogP contribution in [0.2, 0.25) is 0 Å². The Morgan fingerprint density at radius 1 is 0.889 bits per heavy atom. The average Bonchev–Trinajstić information content (AvgIpc) is 2.38. The third-order valence-corrected chi connectivity index (χ3v) is 2.84. The molecule has 0 heterocycles. The zero-order chi connectivity index (χ0) is 12.8. The van der Waals surface area contributed by atoms with E-state index in [4.69, 9.17) is 4.74 Å². The van der Waals surface area contributed by atoms with E-state index in [9.17, 15) is 0 Å². The molecule has 0 fully saturated rings. The second kappa shape index (κ2) is 6.06. The molecule has 2 rings (SSSR count). The van der Waals surface area contributed by atoms with Gasteiger partial charge in [-0.2, -0.15) is 0 Å². The second-order valence-electron chi connectivity index (χ2n) is 4.34. The summed E-state index contributed by atoms with van der Waals surface area (Å²) in [4.78, 5) is 0. The lowest BCUT2D eigenvalue weighted by Gasteiger charge is -2.09. The molecule has 92 valence electrons. The van der Waals surface area contributed by atoms with Crippen molar-refractivity contribution < 1.29 is 4.74 Å². The molecule has 2 aromatic rings. The van der Waals surface area contributed by atoms with Gasteiger partial charge >= 0.3 is 0 Å². The summed E-state index contributed by atoms with van der Waals surface area (Å²) >= 11 is 0. The average molecular weight is 238 g/mol. The summed E-state index contributed by atoms with van der Waals surface area (Å²) in [6, 6.07) is 16.4. The van der Waals surface area contributed by atoms with Gasteiger partial charge < -0.3 is 4.74 Å². The Hall–Kier alpha value is -2.02. The van der Waals surface area contributed by atoms with E-state index in [-0.39, 0.29) is 0 Å². The van der Waals surface area contributed by atoms with Crippen molar-refractivity contribution in [3.05, 3.63) is 71.3 Å². The molecule has 0 aliphatic heterocycles. The van der Waals surface area contributed by atoms with Gasteiger partial charge in [0.1, 0.15) is 12.4 Å². The van der Waals surface area contributed by atoms with Crippen LogP contribution in [0.1, 0.15) is 16.7 Å². The number of hydrogen-bond donors (Lipinski definition) is 0. The molecule has 0 amide bonds. The van der Waals surface area contributed by atoms with Crippen LogP contribution in [0, 0.1) is 13.8 Å². The van der Waals surface area contributed by atoms with Gasteiger partial charge in [-0.25, -0.2) is 0 Å². The molecule has 18 heavy (non-hydrogen) atoms. The first-order valence-corrected chi connectivity index (χ1v) is 6.18. The Morgan fingerprint density at radius 2 is 1.56 bits per heavy atom. The molecule has 0 unspecified atom stereocenters. The molecule has 2 aromatic carbocycles. The van der Waals surface area contributed by atoms with Crippen LogP contribution in [0.15, 0.2) is 54.6 Å². The van der Waals surface area contributed by atoms with E-state index in [1.54, 1.807) is 0 Å². The molecule has 0 radical (unpaired) electrons. The van der Waals surface area contributed by atoms with E-state index in [1.165, 1.54) is 16.7 Å². The van der Waals surface area contributed by atoms with Crippen LogP contribution >= 0.6 is 0 Å². The SMILES string of the molecule is Cc1cccc(C)c1OC/C=C/c1ccccc1. The third-order valence-electron chi connectivity index (χ3n) is 2.84. The molecule has 0 aromatic heterocycles. The van der Waals surface area contributed by atoms with Crippen LogP contribution in [-0.2, 0) is 0 Å². The van der Waals surface area contributed by atoms with Crippen molar-refractivity contribution in [3.8, 4) is 5.75 Å². The quantitative estimate of drug-likeness (QED) is 0.767. The fourth-order valence-corrected chi connectivity index (χ4v) is 1.91. The molecule has 0 N–H and O–H groups in total. The van der Waals surface area contributed by atoms with Gasteiger partial charge in [-0.05, 0) is 36.6 Å². The van der Waals surface area contributed by atoms with Crippen molar-refractivity contribution in [1.82, 2.24) is 0 Å². The van der Waals surface area contributed by atoms with Gasteiger partial charge in [-0.1, -0.05) is 54.6 Å². The summed E-state index contributed by atoms with van der Waals surface area (Å²) in [5.41, 5.74) is 3.56. The van der Waals surface area contributed by atoms with Crippen LogP contribution in [0.3, 0.4) is 0 Å². The Kier molecular flexibility index (Phi) is 4.19. The number of benzene rings is 2. The number of rotatable bonds is 4. The van der Waals surface area contributed by atoms with E-state index in [1.807, 2.05) is 24.3 Å². The summed E-state index contributed by atoms with van der Waals surface area (Å²) in [5, 5.41) is 0. The Balaban J connectivity index is 1.95. The van der Waals surface area contributed by atoms with Crippen LogP contribution in [0.4, 0.5) is 0 Å². The van der Waals surface area contributed by atoms with Gasteiger partial charge in [-0.15, -0.1) is 0 Å². The Morgan fingerprint density at radius 3 is 2.22 bits per heavy atom. The first kappa shape index (κ1) is 12.4. The van der Waals surface area contributed by atoms with Gasteiger partial charge in [0, 0.05) is 0 Å². The van der Waals surface area contributed by atoms with Crippen molar-refractivity contribution in [3.63, 3.8) is 0 Å². The first-order chi connectivity index (χ1) is 8.77. The van der Waals surface area contributed by atoms with Gasteiger partial charge in [-0.3, -0.25) is 0 Å². The summed E-state index contributed by atoms with van der Waals surface area (Å²) in [6.07, 6.45) is 4.12. The molecule has 1 nitrogen and oxygen atoms in total. The molecular weight excluding hydrogens is 220 g/mol. The van der Waals surface area contributed by atoms with E-state index < -0.39 is 0 Å². The largest absolute Gasteiger partial charge is 0.489 e. The number of hydrogen-bond acceptors (Lipinski definition) is 1. The minimum Gasteiger partial charge on any atom is -0.489 e.